The molecule has 0 aromatic heterocycles. The molecule has 0 saturated heterocycles. The molecule has 1 atom stereocenters. The Hall–Kier alpha value is -2.85. The van der Waals surface area contributed by atoms with Gasteiger partial charge >= 0.3 is 5.97 Å². The van der Waals surface area contributed by atoms with Crippen LogP contribution >= 0.6 is 0 Å². The van der Waals surface area contributed by atoms with Crippen molar-refractivity contribution < 1.29 is 31.5 Å². The smallest absolute Gasteiger partial charge is 0.324 e. The first-order chi connectivity index (χ1) is 13.1. The van der Waals surface area contributed by atoms with E-state index in [1.165, 1.54) is 31.2 Å². The average Bonchev–Trinajstić information content (AvgIpc) is 2.62. The van der Waals surface area contributed by atoms with Crippen LogP contribution in [0, 0.1) is 18.6 Å². The maximum atomic E-state index is 13.6. The number of ether oxygens (including phenoxy) is 1. The zero-order valence-corrected chi connectivity index (χ0v) is 15.8. The van der Waals surface area contributed by atoms with Crippen molar-refractivity contribution in [3.63, 3.8) is 0 Å². The molecule has 0 unspecified atom stereocenters. The molecule has 0 fully saturated rings. The van der Waals surface area contributed by atoms with E-state index in [4.69, 9.17) is 4.74 Å². The third kappa shape index (κ3) is 5.57. The molecule has 150 valence electrons. The number of halogens is 2. The maximum Gasteiger partial charge on any atom is 0.324 e. The van der Waals surface area contributed by atoms with Crippen molar-refractivity contribution in [3.05, 3.63) is 59.7 Å². The number of carbonyl (C=O) groups excluding carboxylic acids is 2. The molecule has 0 aliphatic heterocycles. The number of sulfonamides is 1. The standard InChI is InChI=1S/C18H18F2N2O5S/c1-11-7-8-13(9-15(11)20)21-17(23)10-27-18(24)12(2)22-28(25,26)16-6-4-3-5-14(16)19/h3-9,12,22H,10H2,1-2H3,(H,21,23)/t12-/m0/s1. The fourth-order valence-electron chi connectivity index (χ4n) is 2.14. The molecule has 1 amide bonds. The van der Waals surface area contributed by atoms with Crippen molar-refractivity contribution in [3.8, 4) is 0 Å². The summed E-state index contributed by atoms with van der Waals surface area (Å²) in [6.45, 7) is 2.04. The van der Waals surface area contributed by atoms with Crippen LogP contribution in [0.15, 0.2) is 47.4 Å². The van der Waals surface area contributed by atoms with Gasteiger partial charge in [0.05, 0.1) is 0 Å². The number of anilines is 1. The van der Waals surface area contributed by atoms with Crippen molar-refractivity contribution in [2.45, 2.75) is 24.8 Å². The van der Waals surface area contributed by atoms with Crippen LogP contribution in [0.3, 0.4) is 0 Å². The number of aryl methyl sites for hydroxylation is 1. The summed E-state index contributed by atoms with van der Waals surface area (Å²) in [7, 11) is -4.30. The predicted molar refractivity (Wildman–Crippen MR) is 96.9 cm³/mol. The highest BCUT2D eigenvalue weighted by atomic mass is 32.2. The van der Waals surface area contributed by atoms with Crippen LogP contribution in [0.5, 0.6) is 0 Å². The zero-order valence-electron chi connectivity index (χ0n) is 15.0. The summed E-state index contributed by atoms with van der Waals surface area (Å²) in [5.74, 6) is -3.25. The molecule has 2 aromatic rings. The molecule has 10 heteroatoms. The van der Waals surface area contributed by atoms with E-state index in [9.17, 15) is 26.8 Å². The minimum absolute atomic E-state index is 0.178. The molecule has 0 aliphatic rings. The third-order valence-electron chi connectivity index (χ3n) is 3.61. The van der Waals surface area contributed by atoms with E-state index in [0.717, 1.165) is 18.2 Å². The Morgan fingerprint density at radius 2 is 1.79 bits per heavy atom. The first-order valence-corrected chi connectivity index (χ1v) is 9.58. The fraction of sp³-hybridized carbons (Fsp3) is 0.222. The summed E-state index contributed by atoms with van der Waals surface area (Å²) in [6, 6.07) is 7.36. The van der Waals surface area contributed by atoms with E-state index in [-0.39, 0.29) is 5.69 Å². The number of nitrogens with one attached hydrogen (secondary N) is 2. The first kappa shape index (κ1) is 21.5. The number of rotatable bonds is 7. The van der Waals surface area contributed by atoms with Gasteiger partial charge in [0.15, 0.2) is 6.61 Å². The van der Waals surface area contributed by atoms with E-state index in [0.29, 0.717) is 5.56 Å². The number of hydrogen-bond acceptors (Lipinski definition) is 5. The number of carbonyl (C=O) groups is 2. The Kier molecular flexibility index (Phi) is 6.81. The molecule has 0 saturated carbocycles. The van der Waals surface area contributed by atoms with Crippen molar-refractivity contribution in [2.24, 2.45) is 0 Å². The first-order valence-electron chi connectivity index (χ1n) is 8.09. The minimum atomic E-state index is -4.30. The van der Waals surface area contributed by atoms with Crippen molar-refractivity contribution in [2.75, 3.05) is 11.9 Å². The van der Waals surface area contributed by atoms with E-state index in [1.807, 2.05) is 4.72 Å². The van der Waals surface area contributed by atoms with E-state index in [2.05, 4.69) is 5.32 Å². The van der Waals surface area contributed by atoms with Crippen molar-refractivity contribution in [1.29, 1.82) is 0 Å². The second-order valence-electron chi connectivity index (χ2n) is 5.89. The predicted octanol–water partition coefficient (Wildman–Crippen LogP) is 2.12. The van der Waals surface area contributed by atoms with Gasteiger partial charge in [-0.3, -0.25) is 9.59 Å². The molecule has 2 rings (SSSR count). The van der Waals surface area contributed by atoms with Gasteiger partial charge in [0.2, 0.25) is 10.0 Å². The lowest BCUT2D eigenvalue weighted by atomic mass is 10.2. The molecule has 0 aliphatic carbocycles. The number of amides is 1. The molecule has 0 spiro atoms. The summed E-state index contributed by atoms with van der Waals surface area (Å²) in [6.07, 6.45) is 0. The zero-order chi connectivity index (χ0) is 20.9. The van der Waals surface area contributed by atoms with Crippen LogP contribution in [0.25, 0.3) is 0 Å². The molecule has 2 N–H and O–H groups in total. The maximum absolute atomic E-state index is 13.6. The van der Waals surface area contributed by atoms with E-state index in [1.54, 1.807) is 6.92 Å². The van der Waals surface area contributed by atoms with Gasteiger partial charge in [-0.05, 0) is 43.7 Å². The normalized spacial score (nSPS) is 12.3. The van der Waals surface area contributed by atoms with Crippen LogP contribution in [0.1, 0.15) is 12.5 Å². The van der Waals surface area contributed by atoms with Crippen LogP contribution in [0.4, 0.5) is 14.5 Å². The van der Waals surface area contributed by atoms with E-state index >= 15 is 0 Å². The van der Waals surface area contributed by atoms with Crippen LogP contribution in [-0.2, 0) is 24.3 Å². The van der Waals surface area contributed by atoms with Crippen molar-refractivity contribution >= 4 is 27.6 Å². The highest BCUT2D eigenvalue weighted by Crippen LogP contribution is 2.14. The number of esters is 1. The lowest BCUT2D eigenvalue weighted by molar-refractivity contribution is -0.148. The van der Waals surface area contributed by atoms with Crippen LogP contribution in [-0.4, -0.2) is 32.9 Å². The van der Waals surface area contributed by atoms with Crippen LogP contribution < -0.4 is 10.0 Å². The van der Waals surface area contributed by atoms with Gasteiger partial charge in [-0.1, -0.05) is 18.2 Å². The summed E-state index contributed by atoms with van der Waals surface area (Å²) < 4.78 is 58.1. The van der Waals surface area contributed by atoms with Gasteiger partial charge in [-0.15, -0.1) is 0 Å². The van der Waals surface area contributed by atoms with Crippen LogP contribution in [0.2, 0.25) is 0 Å². The Balaban J connectivity index is 1.90. The summed E-state index contributed by atoms with van der Waals surface area (Å²) in [4.78, 5) is 23.1. The lowest BCUT2D eigenvalue weighted by Gasteiger charge is -2.14. The Morgan fingerprint density at radius 3 is 2.43 bits per heavy atom. The van der Waals surface area contributed by atoms with Gasteiger partial charge in [-0.25, -0.2) is 17.2 Å². The van der Waals surface area contributed by atoms with Crippen molar-refractivity contribution in [1.82, 2.24) is 4.72 Å². The Bertz CT molecular complexity index is 995. The summed E-state index contributed by atoms with van der Waals surface area (Å²) in [5, 5.41) is 2.34. The molecule has 0 radical (unpaired) electrons. The van der Waals surface area contributed by atoms with Gasteiger partial charge < -0.3 is 10.1 Å². The Labute approximate surface area is 160 Å². The lowest BCUT2D eigenvalue weighted by Crippen LogP contribution is -2.40. The highest BCUT2D eigenvalue weighted by molar-refractivity contribution is 7.89. The number of hydrogen-bond donors (Lipinski definition) is 2. The summed E-state index contributed by atoms with van der Waals surface area (Å²) in [5.41, 5.74) is 0.581. The average molecular weight is 412 g/mol. The minimum Gasteiger partial charge on any atom is -0.454 e. The Morgan fingerprint density at radius 1 is 1.11 bits per heavy atom. The molecule has 2 aromatic carbocycles. The SMILES string of the molecule is Cc1ccc(NC(=O)COC(=O)[C@H](C)NS(=O)(=O)c2ccccc2F)cc1F. The fourth-order valence-corrected chi connectivity index (χ4v) is 3.41. The quantitative estimate of drug-likeness (QED) is 0.679. The van der Waals surface area contributed by atoms with Gasteiger partial charge in [-0.2, -0.15) is 4.72 Å². The second kappa shape index (κ2) is 8.89. The molecular weight excluding hydrogens is 394 g/mol. The largest absolute Gasteiger partial charge is 0.454 e. The molecule has 0 bridgehead atoms. The van der Waals surface area contributed by atoms with Gasteiger partial charge in [0, 0.05) is 5.69 Å². The molecule has 28 heavy (non-hydrogen) atoms. The third-order valence-corrected chi connectivity index (χ3v) is 5.19. The summed E-state index contributed by atoms with van der Waals surface area (Å²) >= 11 is 0. The monoisotopic (exact) mass is 412 g/mol. The highest BCUT2D eigenvalue weighted by Gasteiger charge is 2.25. The molecule has 7 nitrogen and oxygen atoms in total. The topological polar surface area (TPSA) is 102 Å². The molecular formula is C18H18F2N2O5S. The second-order valence-corrected chi connectivity index (χ2v) is 7.58. The van der Waals surface area contributed by atoms with Gasteiger partial charge in [0.1, 0.15) is 22.6 Å². The van der Waals surface area contributed by atoms with E-state index < -0.39 is 51.1 Å². The number of benzene rings is 2. The van der Waals surface area contributed by atoms with Gasteiger partial charge in [0.25, 0.3) is 5.91 Å². The molecule has 0 heterocycles.